The Kier molecular flexibility index (Phi) is 4.62. The lowest BCUT2D eigenvalue weighted by molar-refractivity contribution is 0.586. The summed E-state index contributed by atoms with van der Waals surface area (Å²) >= 11 is 5.84. The van der Waals surface area contributed by atoms with Crippen molar-refractivity contribution in [2.24, 2.45) is 0 Å². The molecule has 1 aromatic carbocycles. The molecule has 5 nitrogen and oxygen atoms in total. The van der Waals surface area contributed by atoms with Gasteiger partial charge in [-0.2, -0.15) is 13.1 Å². The maximum absolute atomic E-state index is 11.6. The molecule has 0 fully saturated rings. The van der Waals surface area contributed by atoms with Crippen molar-refractivity contribution in [3.63, 3.8) is 0 Å². The van der Waals surface area contributed by atoms with Gasteiger partial charge in [-0.3, -0.25) is 4.72 Å². The Bertz CT molecular complexity index is 503. The highest BCUT2D eigenvalue weighted by molar-refractivity contribution is 7.90. The number of halogens is 1. The van der Waals surface area contributed by atoms with E-state index in [2.05, 4.69) is 9.44 Å². The first kappa shape index (κ1) is 14.1. The molecule has 0 heterocycles. The maximum atomic E-state index is 11.6. The van der Waals surface area contributed by atoms with Gasteiger partial charge in [0, 0.05) is 6.54 Å². The number of nitrogen functional groups attached to an aromatic ring is 1. The molecule has 0 aromatic heterocycles. The standard InChI is InChI=1S/C10H16ClN3O2S/c1-3-4-13-17(15,16)14-10-6-8(11)9(12)5-7(10)2/h5-6,13-14H,3-4,12H2,1-2H3. The van der Waals surface area contributed by atoms with E-state index >= 15 is 0 Å². The van der Waals surface area contributed by atoms with Crippen molar-refractivity contribution in [2.75, 3.05) is 17.0 Å². The zero-order chi connectivity index (χ0) is 13.1. The van der Waals surface area contributed by atoms with Gasteiger partial charge in [0.1, 0.15) is 0 Å². The maximum Gasteiger partial charge on any atom is 0.299 e. The number of nitrogens with one attached hydrogen (secondary N) is 2. The van der Waals surface area contributed by atoms with Gasteiger partial charge in [-0.05, 0) is 31.0 Å². The molecule has 0 spiro atoms. The van der Waals surface area contributed by atoms with Crippen LogP contribution in [0, 0.1) is 6.92 Å². The molecule has 0 aliphatic heterocycles. The van der Waals surface area contributed by atoms with E-state index in [1.165, 1.54) is 6.07 Å². The lowest BCUT2D eigenvalue weighted by atomic mass is 10.2. The van der Waals surface area contributed by atoms with Crippen LogP contribution in [-0.4, -0.2) is 15.0 Å². The van der Waals surface area contributed by atoms with Gasteiger partial charge < -0.3 is 5.73 Å². The fraction of sp³-hybridized carbons (Fsp3) is 0.400. The van der Waals surface area contributed by atoms with E-state index < -0.39 is 10.2 Å². The number of anilines is 2. The third-order valence-electron chi connectivity index (χ3n) is 2.13. The molecule has 0 saturated carbocycles. The van der Waals surface area contributed by atoms with Gasteiger partial charge in [-0.25, -0.2) is 0 Å². The molecular formula is C10H16ClN3O2S. The van der Waals surface area contributed by atoms with E-state index in [1.54, 1.807) is 13.0 Å². The van der Waals surface area contributed by atoms with Gasteiger partial charge in [0.25, 0.3) is 10.2 Å². The summed E-state index contributed by atoms with van der Waals surface area (Å²) in [7, 11) is -3.55. The SMILES string of the molecule is CCCNS(=O)(=O)Nc1cc(Cl)c(N)cc1C. The Hall–Kier alpha value is -0.980. The smallest absolute Gasteiger partial charge is 0.299 e. The quantitative estimate of drug-likeness (QED) is 0.719. The predicted molar refractivity (Wildman–Crippen MR) is 71.4 cm³/mol. The van der Waals surface area contributed by atoms with Gasteiger partial charge >= 0.3 is 0 Å². The van der Waals surface area contributed by atoms with Crippen LogP contribution in [0.4, 0.5) is 11.4 Å². The summed E-state index contributed by atoms with van der Waals surface area (Å²) in [6.45, 7) is 4.02. The molecule has 0 amide bonds. The Morgan fingerprint density at radius 1 is 1.41 bits per heavy atom. The third kappa shape index (κ3) is 4.07. The molecule has 0 aliphatic carbocycles. The van der Waals surface area contributed by atoms with Crippen molar-refractivity contribution in [3.05, 3.63) is 22.7 Å². The van der Waals surface area contributed by atoms with E-state index in [1.807, 2.05) is 6.92 Å². The normalized spacial score (nSPS) is 11.5. The van der Waals surface area contributed by atoms with E-state index in [-0.39, 0.29) is 0 Å². The van der Waals surface area contributed by atoms with Crippen LogP contribution in [0.15, 0.2) is 12.1 Å². The molecule has 0 saturated heterocycles. The molecule has 0 radical (unpaired) electrons. The monoisotopic (exact) mass is 277 g/mol. The summed E-state index contributed by atoms with van der Waals surface area (Å²) in [4.78, 5) is 0. The van der Waals surface area contributed by atoms with E-state index in [4.69, 9.17) is 17.3 Å². The first-order chi connectivity index (χ1) is 7.85. The van der Waals surface area contributed by atoms with Crippen molar-refractivity contribution < 1.29 is 8.42 Å². The topological polar surface area (TPSA) is 84.2 Å². The number of hydrogen-bond donors (Lipinski definition) is 3. The lowest BCUT2D eigenvalue weighted by Crippen LogP contribution is -2.30. The van der Waals surface area contributed by atoms with Gasteiger partial charge in [-0.1, -0.05) is 18.5 Å². The summed E-state index contributed by atoms with van der Waals surface area (Å²) in [5.74, 6) is 0. The van der Waals surface area contributed by atoms with Gasteiger partial charge in [-0.15, -0.1) is 0 Å². The summed E-state index contributed by atoms with van der Waals surface area (Å²) < 4.78 is 28.0. The summed E-state index contributed by atoms with van der Waals surface area (Å²) in [6, 6.07) is 3.12. The average molecular weight is 278 g/mol. The van der Waals surface area contributed by atoms with E-state index in [0.717, 1.165) is 6.42 Å². The second-order valence-electron chi connectivity index (χ2n) is 3.69. The Labute approximate surface area is 107 Å². The number of aryl methyl sites for hydroxylation is 1. The fourth-order valence-corrected chi connectivity index (χ4v) is 2.45. The highest BCUT2D eigenvalue weighted by Gasteiger charge is 2.11. The summed E-state index contributed by atoms with van der Waals surface area (Å²) in [6.07, 6.45) is 0.725. The molecule has 0 aliphatic rings. The third-order valence-corrected chi connectivity index (χ3v) is 3.53. The Morgan fingerprint density at radius 2 is 2.06 bits per heavy atom. The molecule has 0 bridgehead atoms. The zero-order valence-electron chi connectivity index (χ0n) is 9.75. The van der Waals surface area contributed by atoms with Crippen LogP contribution in [0.5, 0.6) is 0 Å². The van der Waals surface area contributed by atoms with Crippen LogP contribution < -0.4 is 15.2 Å². The van der Waals surface area contributed by atoms with Crippen LogP contribution in [0.1, 0.15) is 18.9 Å². The molecule has 7 heteroatoms. The first-order valence-corrected chi connectivity index (χ1v) is 7.05. The first-order valence-electron chi connectivity index (χ1n) is 5.18. The second kappa shape index (κ2) is 5.57. The minimum absolute atomic E-state index is 0.323. The molecular weight excluding hydrogens is 262 g/mol. The Morgan fingerprint density at radius 3 is 2.65 bits per heavy atom. The average Bonchev–Trinajstić information content (AvgIpc) is 2.23. The van der Waals surface area contributed by atoms with Crippen LogP contribution in [0.3, 0.4) is 0 Å². The van der Waals surface area contributed by atoms with Gasteiger partial charge in [0.15, 0.2) is 0 Å². The highest BCUT2D eigenvalue weighted by Crippen LogP contribution is 2.27. The molecule has 0 unspecified atom stereocenters. The number of hydrogen-bond acceptors (Lipinski definition) is 3. The summed E-state index contributed by atoms with van der Waals surface area (Å²) in [5, 5.41) is 0.323. The number of nitrogens with two attached hydrogens (primary N) is 1. The number of benzene rings is 1. The molecule has 4 N–H and O–H groups in total. The van der Waals surface area contributed by atoms with E-state index in [0.29, 0.717) is 28.5 Å². The molecule has 96 valence electrons. The van der Waals surface area contributed by atoms with Crippen molar-refractivity contribution in [1.82, 2.24) is 4.72 Å². The van der Waals surface area contributed by atoms with Crippen LogP contribution in [-0.2, 0) is 10.2 Å². The van der Waals surface area contributed by atoms with Gasteiger partial charge in [0.05, 0.1) is 16.4 Å². The van der Waals surface area contributed by atoms with Crippen molar-refractivity contribution in [2.45, 2.75) is 20.3 Å². The fourth-order valence-electron chi connectivity index (χ4n) is 1.23. The number of rotatable bonds is 5. The van der Waals surface area contributed by atoms with Crippen molar-refractivity contribution in [1.29, 1.82) is 0 Å². The summed E-state index contributed by atoms with van der Waals surface area (Å²) in [5.41, 5.74) is 7.17. The van der Waals surface area contributed by atoms with E-state index in [9.17, 15) is 8.42 Å². The Balaban J connectivity index is 2.92. The van der Waals surface area contributed by atoms with Crippen LogP contribution in [0.2, 0.25) is 5.02 Å². The minimum atomic E-state index is -3.55. The predicted octanol–water partition coefficient (Wildman–Crippen LogP) is 1.89. The largest absolute Gasteiger partial charge is 0.398 e. The molecule has 1 rings (SSSR count). The second-order valence-corrected chi connectivity index (χ2v) is 5.60. The van der Waals surface area contributed by atoms with Crippen LogP contribution >= 0.6 is 11.6 Å². The molecule has 1 aromatic rings. The minimum Gasteiger partial charge on any atom is -0.398 e. The zero-order valence-corrected chi connectivity index (χ0v) is 11.3. The molecule has 17 heavy (non-hydrogen) atoms. The van der Waals surface area contributed by atoms with Crippen molar-refractivity contribution in [3.8, 4) is 0 Å². The molecule has 0 atom stereocenters. The lowest BCUT2D eigenvalue weighted by Gasteiger charge is -2.12. The van der Waals surface area contributed by atoms with Crippen LogP contribution in [0.25, 0.3) is 0 Å². The highest BCUT2D eigenvalue weighted by atomic mass is 35.5. The van der Waals surface area contributed by atoms with Crippen molar-refractivity contribution >= 4 is 33.2 Å². The van der Waals surface area contributed by atoms with Gasteiger partial charge in [0.2, 0.25) is 0 Å².